The first-order chi connectivity index (χ1) is 11.1. The van der Waals surface area contributed by atoms with Gasteiger partial charge >= 0.3 is 5.97 Å². The predicted molar refractivity (Wildman–Crippen MR) is 85.7 cm³/mol. The number of thioether (sulfide) groups is 1. The third kappa shape index (κ3) is 3.60. The molecule has 0 saturated heterocycles. The number of carboxylic acids is 1. The van der Waals surface area contributed by atoms with Gasteiger partial charge in [0.25, 0.3) is 5.22 Å². The van der Waals surface area contributed by atoms with Crippen LogP contribution in [0.15, 0.2) is 64.2 Å². The number of aromatic nitrogens is 1. The molecule has 0 atom stereocenters. The van der Waals surface area contributed by atoms with Crippen molar-refractivity contribution in [3.05, 3.63) is 60.4 Å². The molecule has 0 amide bonds. The van der Waals surface area contributed by atoms with Gasteiger partial charge in [-0.2, -0.15) is 0 Å². The number of carbonyl (C=O) groups is 1. The number of carboxylic acid groups (broad SMARTS) is 1. The zero-order valence-electron chi connectivity index (χ0n) is 11.9. The molecular weight excluding hydrogens is 317 g/mol. The second-order valence-corrected chi connectivity index (χ2v) is 5.64. The highest BCUT2D eigenvalue weighted by molar-refractivity contribution is 7.99. The van der Waals surface area contributed by atoms with Gasteiger partial charge in [-0.1, -0.05) is 42.1 Å². The maximum absolute atomic E-state index is 13.1. The molecule has 3 aromatic rings. The van der Waals surface area contributed by atoms with Gasteiger partial charge in [0, 0.05) is 11.1 Å². The van der Waals surface area contributed by atoms with E-state index in [4.69, 9.17) is 9.52 Å². The van der Waals surface area contributed by atoms with Crippen LogP contribution in [0.3, 0.4) is 0 Å². The van der Waals surface area contributed by atoms with E-state index in [-0.39, 0.29) is 16.8 Å². The Morgan fingerprint density at radius 1 is 1.09 bits per heavy atom. The Bertz CT molecular complexity index is 816. The molecule has 1 heterocycles. The molecule has 0 saturated carbocycles. The fraction of sp³-hybridized carbons (Fsp3) is 0.0588. The molecule has 116 valence electrons. The van der Waals surface area contributed by atoms with E-state index in [1.54, 1.807) is 12.1 Å². The number of hydrogen-bond acceptors (Lipinski definition) is 4. The van der Waals surface area contributed by atoms with Crippen molar-refractivity contribution < 1.29 is 18.7 Å². The van der Waals surface area contributed by atoms with Crippen LogP contribution in [0.1, 0.15) is 0 Å². The van der Waals surface area contributed by atoms with Crippen LogP contribution in [-0.2, 0) is 4.79 Å². The summed E-state index contributed by atoms with van der Waals surface area (Å²) < 4.78 is 18.9. The zero-order valence-corrected chi connectivity index (χ0v) is 12.7. The van der Waals surface area contributed by atoms with Crippen molar-refractivity contribution in [3.8, 4) is 22.6 Å². The van der Waals surface area contributed by atoms with Gasteiger partial charge < -0.3 is 9.52 Å². The lowest BCUT2D eigenvalue weighted by molar-refractivity contribution is -0.133. The summed E-state index contributed by atoms with van der Waals surface area (Å²) in [6.07, 6.45) is 0. The first-order valence-electron chi connectivity index (χ1n) is 6.80. The summed E-state index contributed by atoms with van der Waals surface area (Å²) in [4.78, 5) is 15.1. The Balaban J connectivity index is 2.05. The standard InChI is InChI=1S/C17H12FNO3S/c18-13-8-6-11(7-9-13)15-16(12-4-2-1-3-5-12)22-17(19-15)23-10-14(20)21/h1-9H,10H2,(H,20,21). The molecule has 0 aliphatic carbocycles. The minimum absolute atomic E-state index is 0.141. The Morgan fingerprint density at radius 2 is 1.78 bits per heavy atom. The van der Waals surface area contributed by atoms with Crippen molar-refractivity contribution >= 4 is 17.7 Å². The minimum Gasteiger partial charge on any atom is -0.481 e. The summed E-state index contributed by atoms with van der Waals surface area (Å²) in [5.41, 5.74) is 2.08. The number of benzene rings is 2. The highest BCUT2D eigenvalue weighted by Gasteiger charge is 2.17. The molecule has 23 heavy (non-hydrogen) atoms. The van der Waals surface area contributed by atoms with Crippen molar-refractivity contribution in [1.29, 1.82) is 0 Å². The summed E-state index contributed by atoms with van der Waals surface area (Å²) in [5, 5.41) is 9.05. The van der Waals surface area contributed by atoms with E-state index >= 15 is 0 Å². The normalized spacial score (nSPS) is 10.7. The number of aliphatic carboxylic acids is 1. The Kier molecular flexibility index (Phi) is 4.43. The van der Waals surface area contributed by atoms with E-state index < -0.39 is 5.97 Å². The zero-order chi connectivity index (χ0) is 16.2. The molecule has 0 aliphatic heterocycles. The molecule has 0 fully saturated rings. The predicted octanol–water partition coefficient (Wildman–Crippen LogP) is 4.32. The molecule has 2 aromatic carbocycles. The molecule has 1 aromatic heterocycles. The quantitative estimate of drug-likeness (QED) is 0.706. The molecule has 3 rings (SSSR count). The van der Waals surface area contributed by atoms with E-state index in [9.17, 15) is 9.18 Å². The summed E-state index contributed by atoms with van der Waals surface area (Å²) in [5.74, 6) is -0.890. The second kappa shape index (κ2) is 6.66. The summed E-state index contributed by atoms with van der Waals surface area (Å²) >= 11 is 1.00. The molecular formula is C17H12FNO3S. The van der Waals surface area contributed by atoms with Crippen LogP contribution in [0.4, 0.5) is 4.39 Å². The first kappa shape index (κ1) is 15.3. The van der Waals surface area contributed by atoms with Crippen molar-refractivity contribution in [3.63, 3.8) is 0 Å². The van der Waals surface area contributed by atoms with Gasteiger partial charge in [-0.15, -0.1) is 0 Å². The molecule has 0 bridgehead atoms. The Hall–Kier alpha value is -2.60. The monoisotopic (exact) mass is 329 g/mol. The van der Waals surface area contributed by atoms with E-state index in [0.29, 0.717) is 17.0 Å². The van der Waals surface area contributed by atoms with Gasteiger partial charge in [-0.3, -0.25) is 4.79 Å². The van der Waals surface area contributed by atoms with Gasteiger partial charge in [-0.05, 0) is 24.3 Å². The lowest BCUT2D eigenvalue weighted by Crippen LogP contribution is -1.97. The van der Waals surface area contributed by atoms with E-state index in [1.165, 1.54) is 12.1 Å². The van der Waals surface area contributed by atoms with Crippen molar-refractivity contribution in [2.75, 3.05) is 5.75 Å². The lowest BCUT2D eigenvalue weighted by Gasteiger charge is -2.01. The first-order valence-corrected chi connectivity index (χ1v) is 7.79. The molecule has 1 N–H and O–H groups in total. The van der Waals surface area contributed by atoms with Gasteiger partial charge in [0.15, 0.2) is 5.76 Å². The van der Waals surface area contributed by atoms with Gasteiger partial charge in [-0.25, -0.2) is 9.37 Å². The minimum atomic E-state index is -0.946. The summed E-state index contributed by atoms with van der Waals surface area (Å²) in [6, 6.07) is 15.3. The van der Waals surface area contributed by atoms with Crippen LogP contribution >= 0.6 is 11.8 Å². The number of hydrogen-bond donors (Lipinski definition) is 1. The van der Waals surface area contributed by atoms with Crippen molar-refractivity contribution in [2.24, 2.45) is 0 Å². The molecule has 0 unspecified atom stereocenters. The SMILES string of the molecule is O=C(O)CSc1nc(-c2ccc(F)cc2)c(-c2ccccc2)o1. The number of halogens is 1. The van der Waals surface area contributed by atoms with E-state index in [2.05, 4.69) is 4.98 Å². The Labute approximate surface area is 136 Å². The molecule has 0 spiro atoms. The van der Waals surface area contributed by atoms with Crippen LogP contribution in [0, 0.1) is 5.82 Å². The van der Waals surface area contributed by atoms with Crippen LogP contribution in [-0.4, -0.2) is 21.8 Å². The highest BCUT2D eigenvalue weighted by atomic mass is 32.2. The molecule has 0 radical (unpaired) electrons. The third-order valence-corrected chi connectivity index (χ3v) is 3.89. The van der Waals surface area contributed by atoms with Crippen LogP contribution in [0.5, 0.6) is 0 Å². The largest absolute Gasteiger partial charge is 0.481 e. The summed E-state index contributed by atoms with van der Waals surface area (Å²) in [6.45, 7) is 0. The average Bonchev–Trinajstić information content (AvgIpc) is 2.99. The fourth-order valence-electron chi connectivity index (χ4n) is 2.07. The lowest BCUT2D eigenvalue weighted by atomic mass is 10.1. The van der Waals surface area contributed by atoms with Gasteiger partial charge in [0.2, 0.25) is 0 Å². The Morgan fingerprint density at radius 3 is 2.43 bits per heavy atom. The molecule has 4 nitrogen and oxygen atoms in total. The van der Waals surface area contributed by atoms with Crippen LogP contribution in [0.2, 0.25) is 0 Å². The number of nitrogens with zero attached hydrogens (tertiary/aromatic N) is 1. The van der Waals surface area contributed by atoms with Gasteiger partial charge in [0.1, 0.15) is 17.3 Å². The molecule has 6 heteroatoms. The van der Waals surface area contributed by atoms with Crippen LogP contribution < -0.4 is 0 Å². The average molecular weight is 329 g/mol. The van der Waals surface area contributed by atoms with Gasteiger partial charge in [0.05, 0.1) is 0 Å². The number of oxazole rings is 1. The van der Waals surface area contributed by atoms with Crippen molar-refractivity contribution in [1.82, 2.24) is 4.98 Å². The molecule has 0 aliphatic rings. The highest BCUT2D eigenvalue weighted by Crippen LogP contribution is 2.35. The van der Waals surface area contributed by atoms with E-state index in [1.807, 2.05) is 30.3 Å². The number of rotatable bonds is 5. The maximum atomic E-state index is 13.1. The van der Waals surface area contributed by atoms with Crippen LogP contribution in [0.25, 0.3) is 22.6 Å². The third-order valence-electron chi connectivity index (χ3n) is 3.08. The second-order valence-electron chi connectivity index (χ2n) is 4.71. The maximum Gasteiger partial charge on any atom is 0.314 e. The van der Waals surface area contributed by atoms with E-state index in [0.717, 1.165) is 17.3 Å². The summed E-state index contributed by atoms with van der Waals surface area (Å²) in [7, 11) is 0. The van der Waals surface area contributed by atoms with Crippen molar-refractivity contribution in [2.45, 2.75) is 5.22 Å². The topological polar surface area (TPSA) is 63.3 Å². The fourth-order valence-corrected chi connectivity index (χ4v) is 2.62. The smallest absolute Gasteiger partial charge is 0.314 e.